The summed E-state index contributed by atoms with van der Waals surface area (Å²) >= 11 is 0. The van der Waals surface area contributed by atoms with Crippen LogP contribution in [-0.2, 0) is 14.8 Å². The van der Waals surface area contributed by atoms with E-state index in [1.54, 1.807) is 24.3 Å². The van der Waals surface area contributed by atoms with Crippen LogP contribution >= 0.6 is 0 Å². The van der Waals surface area contributed by atoms with Gasteiger partial charge in [-0.3, -0.25) is 9.10 Å². The average Bonchev–Trinajstić information content (AvgIpc) is 2.77. The van der Waals surface area contributed by atoms with Crippen LogP contribution in [-0.4, -0.2) is 20.9 Å². The lowest BCUT2D eigenvalue weighted by atomic mass is 10.0. The zero-order valence-electron chi connectivity index (χ0n) is 17.5. The lowest BCUT2D eigenvalue weighted by Crippen LogP contribution is -2.42. The summed E-state index contributed by atoms with van der Waals surface area (Å²) in [6.07, 6.45) is 0.658. The second kappa shape index (κ2) is 9.75. The summed E-state index contributed by atoms with van der Waals surface area (Å²) in [5, 5.41) is 2.92. The highest BCUT2D eigenvalue weighted by Gasteiger charge is 2.28. The molecule has 0 aliphatic rings. The van der Waals surface area contributed by atoms with E-state index in [1.807, 2.05) is 44.2 Å². The van der Waals surface area contributed by atoms with Crippen LogP contribution in [0.15, 0.2) is 83.8 Å². The first-order chi connectivity index (χ1) is 14.8. The van der Waals surface area contributed by atoms with Crippen LogP contribution in [0.25, 0.3) is 0 Å². The first kappa shape index (κ1) is 22.5. The molecule has 0 bridgehead atoms. The molecule has 0 aromatic heterocycles. The molecule has 0 fully saturated rings. The average molecular weight is 441 g/mol. The van der Waals surface area contributed by atoms with Crippen molar-refractivity contribution in [2.24, 2.45) is 0 Å². The third-order valence-electron chi connectivity index (χ3n) is 4.96. The smallest absolute Gasteiger partial charge is 0.264 e. The van der Waals surface area contributed by atoms with Crippen LogP contribution in [0.2, 0.25) is 0 Å². The number of sulfonamides is 1. The molecule has 31 heavy (non-hydrogen) atoms. The highest BCUT2D eigenvalue weighted by molar-refractivity contribution is 7.92. The summed E-state index contributed by atoms with van der Waals surface area (Å²) in [6, 6.07) is 20.7. The minimum Gasteiger partial charge on any atom is -0.348 e. The van der Waals surface area contributed by atoms with Crippen molar-refractivity contribution >= 4 is 21.6 Å². The van der Waals surface area contributed by atoms with E-state index in [1.165, 1.54) is 12.1 Å². The molecule has 1 atom stereocenters. The summed E-state index contributed by atoms with van der Waals surface area (Å²) in [6.45, 7) is 3.44. The number of benzene rings is 3. The molecule has 0 saturated heterocycles. The monoisotopic (exact) mass is 440 g/mol. The quantitative estimate of drug-likeness (QED) is 0.557. The van der Waals surface area contributed by atoms with E-state index in [4.69, 9.17) is 0 Å². The Morgan fingerprint density at radius 2 is 1.58 bits per heavy atom. The number of nitrogens with one attached hydrogen (secondary N) is 1. The molecule has 0 heterocycles. The number of halogens is 1. The molecule has 0 radical (unpaired) electrons. The number of carbonyl (C=O) groups is 1. The van der Waals surface area contributed by atoms with Gasteiger partial charge < -0.3 is 5.32 Å². The van der Waals surface area contributed by atoms with Crippen LogP contribution < -0.4 is 9.62 Å². The minimum absolute atomic E-state index is 0.0858. The van der Waals surface area contributed by atoms with Gasteiger partial charge in [0.2, 0.25) is 5.91 Å². The fraction of sp³-hybridized carbons (Fsp3) is 0.208. The molecule has 7 heteroatoms. The number of rotatable bonds is 8. The van der Waals surface area contributed by atoms with Crippen LogP contribution in [0.5, 0.6) is 0 Å². The molecular formula is C24H25FN2O3S. The largest absolute Gasteiger partial charge is 0.348 e. The van der Waals surface area contributed by atoms with Gasteiger partial charge in [-0.1, -0.05) is 55.0 Å². The van der Waals surface area contributed by atoms with E-state index in [0.29, 0.717) is 12.1 Å². The summed E-state index contributed by atoms with van der Waals surface area (Å²) in [5.41, 5.74) is 2.27. The SMILES string of the molecule is CC[C@@H](NC(=O)CN(c1ccc(C)cc1)S(=O)(=O)c1ccc(F)cc1)c1ccccc1. The van der Waals surface area contributed by atoms with E-state index in [2.05, 4.69) is 5.32 Å². The van der Waals surface area contributed by atoms with Crippen molar-refractivity contribution in [3.05, 3.63) is 95.8 Å². The van der Waals surface area contributed by atoms with E-state index in [0.717, 1.165) is 27.6 Å². The molecule has 3 aromatic rings. The first-order valence-corrected chi connectivity index (χ1v) is 11.4. The minimum atomic E-state index is -4.08. The van der Waals surface area contributed by atoms with E-state index in [9.17, 15) is 17.6 Å². The van der Waals surface area contributed by atoms with Crippen molar-refractivity contribution in [1.82, 2.24) is 5.32 Å². The van der Waals surface area contributed by atoms with Gasteiger partial charge in [-0.15, -0.1) is 0 Å². The van der Waals surface area contributed by atoms with Gasteiger partial charge in [-0.25, -0.2) is 12.8 Å². The summed E-state index contributed by atoms with van der Waals surface area (Å²) < 4.78 is 41.0. The van der Waals surface area contributed by atoms with Gasteiger partial charge in [0, 0.05) is 0 Å². The Hall–Kier alpha value is -3.19. The van der Waals surface area contributed by atoms with E-state index in [-0.39, 0.29) is 10.9 Å². The summed E-state index contributed by atoms with van der Waals surface area (Å²) in [5.74, 6) is -0.964. The molecule has 0 spiro atoms. The predicted octanol–water partition coefficient (Wildman–Crippen LogP) is 4.60. The van der Waals surface area contributed by atoms with Crippen LogP contribution in [0.3, 0.4) is 0 Å². The molecule has 0 aliphatic heterocycles. The fourth-order valence-electron chi connectivity index (χ4n) is 3.24. The lowest BCUT2D eigenvalue weighted by Gasteiger charge is -2.26. The number of amides is 1. The summed E-state index contributed by atoms with van der Waals surface area (Å²) in [4.78, 5) is 12.8. The lowest BCUT2D eigenvalue weighted by molar-refractivity contribution is -0.120. The third kappa shape index (κ3) is 5.49. The normalized spacial score (nSPS) is 12.2. The van der Waals surface area contributed by atoms with Gasteiger partial charge in [0.25, 0.3) is 10.0 Å². The van der Waals surface area contributed by atoms with Crippen molar-refractivity contribution < 1.29 is 17.6 Å². The Labute approximate surface area is 182 Å². The fourth-order valence-corrected chi connectivity index (χ4v) is 4.66. The second-order valence-corrected chi connectivity index (χ2v) is 9.10. The molecule has 3 aromatic carbocycles. The van der Waals surface area contributed by atoms with Gasteiger partial charge in [-0.05, 0) is 55.3 Å². The molecular weight excluding hydrogens is 415 g/mol. The number of hydrogen-bond donors (Lipinski definition) is 1. The maximum Gasteiger partial charge on any atom is 0.264 e. The zero-order valence-corrected chi connectivity index (χ0v) is 18.3. The predicted molar refractivity (Wildman–Crippen MR) is 120 cm³/mol. The van der Waals surface area contributed by atoms with Gasteiger partial charge in [0.15, 0.2) is 0 Å². The molecule has 1 amide bonds. The maximum absolute atomic E-state index is 13.3. The van der Waals surface area contributed by atoms with Crippen LogP contribution in [0.1, 0.15) is 30.5 Å². The van der Waals surface area contributed by atoms with E-state index < -0.39 is 28.3 Å². The Morgan fingerprint density at radius 1 is 0.968 bits per heavy atom. The number of nitrogens with zero attached hydrogens (tertiary/aromatic N) is 1. The zero-order chi connectivity index (χ0) is 22.4. The standard InChI is InChI=1S/C24H25FN2O3S/c1-3-23(19-7-5-4-6-8-19)26-24(28)17-27(21-13-9-18(2)10-14-21)31(29,30)22-15-11-20(25)12-16-22/h4-16,23H,3,17H2,1-2H3,(H,26,28)/t23-/m1/s1. The van der Waals surface area contributed by atoms with Crippen molar-refractivity contribution in [2.45, 2.75) is 31.2 Å². The van der Waals surface area contributed by atoms with Gasteiger partial charge in [0.1, 0.15) is 12.4 Å². The Kier molecular flexibility index (Phi) is 7.07. The highest BCUT2D eigenvalue weighted by atomic mass is 32.2. The maximum atomic E-state index is 13.3. The van der Waals surface area contributed by atoms with Gasteiger partial charge in [0.05, 0.1) is 16.6 Å². The molecule has 5 nitrogen and oxygen atoms in total. The van der Waals surface area contributed by atoms with Crippen LogP contribution in [0.4, 0.5) is 10.1 Å². The number of aryl methyl sites for hydroxylation is 1. The number of hydrogen-bond acceptors (Lipinski definition) is 3. The van der Waals surface area contributed by atoms with Gasteiger partial charge >= 0.3 is 0 Å². The number of carbonyl (C=O) groups excluding carboxylic acids is 1. The van der Waals surface area contributed by atoms with Crippen molar-refractivity contribution in [3.8, 4) is 0 Å². The highest BCUT2D eigenvalue weighted by Crippen LogP contribution is 2.25. The van der Waals surface area contributed by atoms with Gasteiger partial charge in [-0.2, -0.15) is 0 Å². The first-order valence-electron chi connectivity index (χ1n) is 10.0. The Balaban J connectivity index is 1.90. The molecule has 0 aliphatic carbocycles. The van der Waals surface area contributed by atoms with Crippen molar-refractivity contribution in [3.63, 3.8) is 0 Å². The third-order valence-corrected chi connectivity index (χ3v) is 6.74. The summed E-state index contributed by atoms with van der Waals surface area (Å²) in [7, 11) is -4.08. The molecule has 0 saturated carbocycles. The van der Waals surface area contributed by atoms with E-state index >= 15 is 0 Å². The number of anilines is 1. The topological polar surface area (TPSA) is 66.5 Å². The molecule has 1 N–H and O–H groups in total. The van der Waals surface area contributed by atoms with Crippen LogP contribution in [0, 0.1) is 12.7 Å². The van der Waals surface area contributed by atoms with Crippen molar-refractivity contribution in [2.75, 3.05) is 10.8 Å². The Morgan fingerprint density at radius 3 is 2.16 bits per heavy atom. The Bertz CT molecular complexity index is 1120. The molecule has 162 valence electrons. The molecule has 0 unspecified atom stereocenters. The second-order valence-electron chi connectivity index (χ2n) is 7.24. The van der Waals surface area contributed by atoms with Crippen molar-refractivity contribution in [1.29, 1.82) is 0 Å². The molecule has 3 rings (SSSR count).